The standard InChI is InChI=1S/C16H18ClN5O3/c1-4-5-8-24-16(23)19-15-20-22(3)13-14(25-15)21(2)12-9-10(17)6-7-11(12)18-13/h6-7,9H,4-5,8H2,1-3H3/p+1. The number of unbranched alkanes of at least 4 members (excludes halogenated alkanes) is 1. The molecule has 0 atom stereocenters. The van der Waals surface area contributed by atoms with Crippen molar-refractivity contribution in [1.82, 2.24) is 5.10 Å². The fraction of sp³-hybridized carbons (Fsp3) is 0.375. The number of hydrogen-bond acceptors (Lipinski definition) is 6. The van der Waals surface area contributed by atoms with Gasteiger partial charge in [0.25, 0.3) is 5.88 Å². The van der Waals surface area contributed by atoms with E-state index >= 15 is 0 Å². The number of carbonyl (C=O) groups is 1. The fourth-order valence-electron chi connectivity index (χ4n) is 2.42. The Bertz CT molecular complexity index is 881. The third-order valence-corrected chi connectivity index (χ3v) is 3.97. The summed E-state index contributed by atoms with van der Waals surface area (Å²) >= 11 is 6.08. The summed E-state index contributed by atoms with van der Waals surface area (Å²) in [6.45, 7) is 2.33. The largest absolute Gasteiger partial charge is 0.448 e. The molecule has 3 rings (SSSR count). The van der Waals surface area contributed by atoms with Crippen molar-refractivity contribution in [2.24, 2.45) is 12.0 Å². The Morgan fingerprint density at radius 3 is 3.08 bits per heavy atom. The molecule has 0 bridgehead atoms. The lowest BCUT2D eigenvalue weighted by atomic mass is 10.2. The van der Waals surface area contributed by atoms with Crippen molar-refractivity contribution in [3.8, 4) is 0 Å². The minimum absolute atomic E-state index is 0.0816. The molecule has 8 nitrogen and oxygen atoms in total. The molecule has 0 aliphatic carbocycles. The quantitative estimate of drug-likeness (QED) is 0.666. The van der Waals surface area contributed by atoms with E-state index in [1.54, 1.807) is 17.8 Å². The molecule has 0 saturated heterocycles. The summed E-state index contributed by atoms with van der Waals surface area (Å²) in [7, 11) is 3.57. The van der Waals surface area contributed by atoms with Crippen LogP contribution in [0.4, 0.5) is 27.9 Å². The van der Waals surface area contributed by atoms with Gasteiger partial charge in [-0.3, -0.25) is 0 Å². The first-order valence-corrected chi connectivity index (χ1v) is 8.30. The van der Waals surface area contributed by atoms with Crippen LogP contribution in [0, 0.1) is 0 Å². The number of aryl methyl sites for hydroxylation is 1. The molecule has 2 heterocycles. The minimum Gasteiger partial charge on any atom is -0.448 e. The van der Waals surface area contributed by atoms with E-state index in [4.69, 9.17) is 20.8 Å². The Morgan fingerprint density at radius 2 is 2.32 bits per heavy atom. The summed E-state index contributed by atoms with van der Waals surface area (Å²) in [5.74, 6) is 1.10. The molecule has 0 spiro atoms. The summed E-state index contributed by atoms with van der Waals surface area (Å²) < 4.78 is 12.3. The second-order valence-corrected chi connectivity index (χ2v) is 6.02. The normalized spacial score (nSPS) is 13.1. The molecular formula is C16H19ClN5O3+. The molecule has 1 aromatic carbocycles. The number of amides is 1. The van der Waals surface area contributed by atoms with Gasteiger partial charge >= 0.3 is 17.6 Å². The predicted molar refractivity (Wildman–Crippen MR) is 92.3 cm³/mol. The highest BCUT2D eigenvalue weighted by atomic mass is 35.5. The zero-order valence-electron chi connectivity index (χ0n) is 14.2. The van der Waals surface area contributed by atoms with Crippen LogP contribution in [-0.2, 0) is 11.8 Å². The number of ether oxygens (including phenoxy) is 1. The lowest BCUT2D eigenvalue weighted by Gasteiger charge is -2.24. The van der Waals surface area contributed by atoms with Gasteiger partial charge in [-0.1, -0.05) is 24.9 Å². The molecular weight excluding hydrogens is 346 g/mol. The van der Waals surface area contributed by atoms with E-state index in [1.165, 1.54) is 0 Å². The number of nitrogens with one attached hydrogen (secondary N) is 1. The fourth-order valence-corrected chi connectivity index (χ4v) is 2.58. The van der Waals surface area contributed by atoms with E-state index in [0.29, 0.717) is 23.3 Å². The molecule has 1 aliphatic heterocycles. The molecule has 1 N–H and O–H groups in total. The number of carbonyl (C=O) groups excluding carboxylic acids is 1. The average molecular weight is 365 g/mol. The van der Waals surface area contributed by atoms with Gasteiger partial charge in [-0.05, 0) is 29.7 Å². The number of benzene rings is 1. The second-order valence-electron chi connectivity index (χ2n) is 5.59. The highest BCUT2D eigenvalue weighted by Crippen LogP contribution is 2.40. The summed E-state index contributed by atoms with van der Waals surface area (Å²) in [6.07, 6.45) is 0.996. The Balaban J connectivity index is 1.95. The molecule has 0 fully saturated rings. The van der Waals surface area contributed by atoms with Crippen molar-refractivity contribution >= 4 is 40.8 Å². The van der Waals surface area contributed by atoms with E-state index in [0.717, 1.165) is 24.2 Å². The van der Waals surface area contributed by atoms with Crippen molar-refractivity contribution < 1.29 is 18.6 Å². The van der Waals surface area contributed by atoms with E-state index in [1.807, 2.05) is 31.0 Å². The molecule has 2 aromatic rings. The number of hydrogen-bond donors (Lipinski definition) is 1. The van der Waals surface area contributed by atoms with Gasteiger partial charge in [0.1, 0.15) is 12.7 Å². The summed E-state index contributed by atoms with van der Waals surface area (Å²) in [5, 5.41) is 7.99. The molecule has 1 aromatic heterocycles. The molecule has 1 amide bonds. The van der Waals surface area contributed by atoms with Crippen LogP contribution in [0.1, 0.15) is 19.8 Å². The maximum atomic E-state index is 11.7. The number of anilines is 4. The Morgan fingerprint density at radius 1 is 1.52 bits per heavy atom. The maximum absolute atomic E-state index is 11.7. The SMILES string of the molecule is CCCCOC(=O)/N=c1\n[n+](C)c2c(o1)N(C)c1cc(Cl)ccc1N2. The van der Waals surface area contributed by atoms with Crippen LogP contribution in [0.25, 0.3) is 0 Å². The smallest absolute Gasteiger partial charge is 0.438 e. The predicted octanol–water partition coefficient (Wildman–Crippen LogP) is 2.81. The lowest BCUT2D eigenvalue weighted by Crippen LogP contribution is -2.44. The van der Waals surface area contributed by atoms with Crippen LogP contribution in [0.3, 0.4) is 0 Å². The maximum Gasteiger partial charge on any atom is 0.438 e. The van der Waals surface area contributed by atoms with Crippen LogP contribution in [-0.4, -0.2) is 24.8 Å². The van der Waals surface area contributed by atoms with Gasteiger partial charge in [-0.2, -0.15) is 0 Å². The highest BCUT2D eigenvalue weighted by molar-refractivity contribution is 6.31. The van der Waals surface area contributed by atoms with Crippen LogP contribution >= 0.6 is 11.6 Å². The monoisotopic (exact) mass is 364 g/mol. The molecule has 9 heteroatoms. The number of fused-ring (bicyclic) bond motifs is 2. The Labute approximate surface area is 149 Å². The van der Waals surface area contributed by atoms with Gasteiger partial charge < -0.3 is 14.1 Å². The van der Waals surface area contributed by atoms with Gasteiger partial charge in [-0.15, -0.1) is 9.67 Å². The number of aromatic nitrogens is 2. The van der Waals surface area contributed by atoms with Crippen molar-refractivity contribution in [1.29, 1.82) is 0 Å². The first-order chi connectivity index (χ1) is 12.0. The third kappa shape index (κ3) is 3.58. The molecule has 0 saturated carbocycles. The molecule has 1 aliphatic rings. The number of rotatable bonds is 3. The van der Waals surface area contributed by atoms with Gasteiger partial charge in [0.2, 0.25) is 0 Å². The van der Waals surface area contributed by atoms with Gasteiger partial charge in [-0.25, -0.2) is 10.1 Å². The average Bonchev–Trinajstić information content (AvgIpc) is 2.57. The molecule has 0 radical (unpaired) electrons. The first kappa shape index (κ1) is 17.2. The van der Waals surface area contributed by atoms with E-state index in [2.05, 4.69) is 15.4 Å². The molecule has 132 valence electrons. The zero-order chi connectivity index (χ0) is 18.0. The van der Waals surface area contributed by atoms with Gasteiger partial charge in [0.15, 0.2) is 0 Å². The van der Waals surface area contributed by atoms with Crippen LogP contribution in [0.5, 0.6) is 0 Å². The molecule has 25 heavy (non-hydrogen) atoms. The van der Waals surface area contributed by atoms with E-state index in [9.17, 15) is 4.79 Å². The number of nitrogens with zero attached hydrogens (tertiary/aromatic N) is 4. The van der Waals surface area contributed by atoms with Crippen molar-refractivity contribution in [3.63, 3.8) is 0 Å². The van der Waals surface area contributed by atoms with E-state index in [-0.39, 0.29) is 5.68 Å². The first-order valence-electron chi connectivity index (χ1n) is 7.93. The summed E-state index contributed by atoms with van der Waals surface area (Å²) in [5.41, 5.74) is 1.63. The minimum atomic E-state index is -0.723. The zero-order valence-corrected chi connectivity index (χ0v) is 15.0. The Kier molecular flexibility index (Phi) is 4.89. The van der Waals surface area contributed by atoms with Crippen LogP contribution < -0.4 is 20.6 Å². The highest BCUT2D eigenvalue weighted by Gasteiger charge is 2.31. The van der Waals surface area contributed by atoms with E-state index < -0.39 is 6.09 Å². The van der Waals surface area contributed by atoms with Crippen molar-refractivity contribution in [2.75, 3.05) is 23.9 Å². The van der Waals surface area contributed by atoms with Crippen LogP contribution in [0.2, 0.25) is 5.02 Å². The second kappa shape index (κ2) is 7.10. The lowest BCUT2D eigenvalue weighted by molar-refractivity contribution is -0.720. The van der Waals surface area contributed by atoms with Gasteiger partial charge in [0, 0.05) is 12.1 Å². The number of halogens is 1. The molecule has 0 unspecified atom stereocenters. The van der Waals surface area contributed by atoms with Gasteiger partial charge in [0.05, 0.1) is 12.3 Å². The summed E-state index contributed by atoms with van der Waals surface area (Å²) in [4.78, 5) is 17.3. The van der Waals surface area contributed by atoms with Crippen molar-refractivity contribution in [2.45, 2.75) is 19.8 Å². The Hall–Kier alpha value is -2.61. The summed E-state index contributed by atoms with van der Waals surface area (Å²) in [6, 6.07) is 5.49. The third-order valence-electron chi connectivity index (χ3n) is 3.74. The topological polar surface area (TPSA) is 83.8 Å². The van der Waals surface area contributed by atoms with Crippen LogP contribution in [0.15, 0.2) is 27.6 Å². The van der Waals surface area contributed by atoms with Crippen molar-refractivity contribution in [3.05, 3.63) is 28.9 Å².